The molecule has 0 aliphatic rings. The molecule has 0 radical (unpaired) electrons. The number of nitrogens with one attached hydrogen (secondary N) is 1. The number of hydrogen-bond donors (Lipinski definition) is 1. The van der Waals surface area contributed by atoms with Gasteiger partial charge in [-0.2, -0.15) is 4.98 Å². The van der Waals surface area contributed by atoms with Crippen LogP contribution >= 0.6 is 0 Å². The number of benzene rings is 1. The van der Waals surface area contributed by atoms with E-state index in [4.69, 9.17) is 0 Å². The largest absolute Gasteiger partial charge is 0.324 e. The van der Waals surface area contributed by atoms with E-state index in [-0.39, 0.29) is 5.56 Å². The van der Waals surface area contributed by atoms with E-state index in [0.717, 1.165) is 11.4 Å². The third-order valence-corrected chi connectivity index (χ3v) is 3.58. The van der Waals surface area contributed by atoms with Crippen LogP contribution < -0.4 is 10.9 Å². The van der Waals surface area contributed by atoms with Crippen molar-refractivity contribution >= 4 is 22.7 Å². The highest BCUT2D eigenvalue weighted by atomic mass is 16.1. The number of fused-ring (bicyclic) bond motifs is 1. The molecule has 0 unspecified atom stereocenters. The molecule has 0 atom stereocenters. The molecular formula is C18H13N5O. The fourth-order valence-electron chi connectivity index (χ4n) is 2.49. The van der Waals surface area contributed by atoms with Crippen molar-refractivity contribution in [2.45, 2.75) is 0 Å². The number of hydrogen-bond acceptors (Lipinski definition) is 5. The standard InChI is InChI=1S/C18H13N5O/c24-17-15-9-5-11-20-16(15)22-18(21-13-6-4-10-19-12-13)23(17)14-7-2-1-3-8-14/h1-12H,(H,20,21,22). The molecule has 6 heteroatoms. The van der Waals surface area contributed by atoms with Crippen LogP contribution in [0.2, 0.25) is 0 Å². The van der Waals surface area contributed by atoms with Gasteiger partial charge in [-0.25, -0.2) is 9.55 Å². The van der Waals surface area contributed by atoms with Crippen molar-refractivity contribution in [3.63, 3.8) is 0 Å². The van der Waals surface area contributed by atoms with Crippen molar-refractivity contribution in [3.05, 3.63) is 83.5 Å². The van der Waals surface area contributed by atoms with Crippen molar-refractivity contribution in [1.82, 2.24) is 19.5 Å². The van der Waals surface area contributed by atoms with Crippen molar-refractivity contribution in [1.29, 1.82) is 0 Å². The summed E-state index contributed by atoms with van der Waals surface area (Å²) in [6.07, 6.45) is 4.98. The second-order valence-electron chi connectivity index (χ2n) is 5.15. The minimum atomic E-state index is -0.175. The van der Waals surface area contributed by atoms with Gasteiger partial charge in [0.05, 0.1) is 23.0 Å². The van der Waals surface area contributed by atoms with Crippen LogP contribution in [0.15, 0.2) is 78.0 Å². The molecule has 0 bridgehead atoms. The quantitative estimate of drug-likeness (QED) is 0.629. The van der Waals surface area contributed by atoms with E-state index in [2.05, 4.69) is 20.3 Å². The van der Waals surface area contributed by atoms with Gasteiger partial charge in [0.25, 0.3) is 5.56 Å². The minimum Gasteiger partial charge on any atom is -0.324 e. The molecule has 4 rings (SSSR count). The Bertz CT molecular complexity index is 1050. The smallest absolute Gasteiger partial charge is 0.269 e. The molecule has 3 heterocycles. The van der Waals surface area contributed by atoms with Crippen LogP contribution in [0.4, 0.5) is 11.6 Å². The first-order chi connectivity index (χ1) is 11.8. The molecule has 3 aromatic heterocycles. The Morgan fingerprint density at radius 3 is 2.54 bits per heavy atom. The van der Waals surface area contributed by atoms with Crippen LogP contribution in [0.5, 0.6) is 0 Å². The first-order valence-corrected chi connectivity index (χ1v) is 7.43. The van der Waals surface area contributed by atoms with Crippen LogP contribution in [-0.4, -0.2) is 19.5 Å². The minimum absolute atomic E-state index is 0.175. The molecule has 0 aliphatic heterocycles. The van der Waals surface area contributed by atoms with E-state index in [0.29, 0.717) is 17.0 Å². The zero-order valence-corrected chi connectivity index (χ0v) is 12.6. The van der Waals surface area contributed by atoms with E-state index in [1.165, 1.54) is 4.57 Å². The summed E-state index contributed by atoms with van der Waals surface area (Å²) < 4.78 is 1.54. The van der Waals surface area contributed by atoms with Crippen molar-refractivity contribution in [2.24, 2.45) is 0 Å². The SMILES string of the molecule is O=c1c2cccnc2nc(Nc2cccnc2)n1-c1ccccc1. The molecule has 0 spiro atoms. The third-order valence-electron chi connectivity index (χ3n) is 3.58. The van der Waals surface area contributed by atoms with E-state index in [1.807, 2.05) is 42.5 Å². The fourth-order valence-corrected chi connectivity index (χ4v) is 2.49. The Hall–Kier alpha value is -3.54. The Balaban J connectivity index is 1.98. The van der Waals surface area contributed by atoms with Gasteiger partial charge in [0.15, 0.2) is 5.65 Å². The normalized spacial score (nSPS) is 10.7. The molecule has 4 aromatic rings. The maximum Gasteiger partial charge on any atom is 0.269 e. The Labute approximate surface area is 137 Å². The zero-order valence-electron chi connectivity index (χ0n) is 12.6. The number of nitrogens with zero attached hydrogens (tertiary/aromatic N) is 4. The topological polar surface area (TPSA) is 72.7 Å². The van der Waals surface area contributed by atoms with Gasteiger partial charge in [-0.1, -0.05) is 18.2 Å². The second kappa shape index (κ2) is 5.92. The number of para-hydroxylation sites is 1. The monoisotopic (exact) mass is 315 g/mol. The lowest BCUT2D eigenvalue weighted by Gasteiger charge is -2.14. The van der Waals surface area contributed by atoms with Gasteiger partial charge in [-0.3, -0.25) is 9.78 Å². The van der Waals surface area contributed by atoms with Crippen LogP contribution in [0.3, 0.4) is 0 Å². The van der Waals surface area contributed by atoms with Gasteiger partial charge < -0.3 is 5.32 Å². The molecular weight excluding hydrogens is 302 g/mol. The van der Waals surface area contributed by atoms with Crippen LogP contribution in [-0.2, 0) is 0 Å². The summed E-state index contributed by atoms with van der Waals surface area (Å²) in [5, 5.41) is 3.62. The van der Waals surface area contributed by atoms with Gasteiger partial charge in [0.1, 0.15) is 0 Å². The van der Waals surface area contributed by atoms with Crippen LogP contribution in [0, 0.1) is 0 Å². The summed E-state index contributed by atoms with van der Waals surface area (Å²) >= 11 is 0. The summed E-state index contributed by atoms with van der Waals surface area (Å²) in [7, 11) is 0. The van der Waals surface area contributed by atoms with E-state index in [9.17, 15) is 4.79 Å². The highest BCUT2D eigenvalue weighted by molar-refractivity contribution is 5.76. The third kappa shape index (κ3) is 2.50. The van der Waals surface area contributed by atoms with E-state index >= 15 is 0 Å². The summed E-state index contributed by atoms with van der Waals surface area (Å²) in [6, 6.07) is 16.5. The van der Waals surface area contributed by atoms with Crippen LogP contribution in [0.1, 0.15) is 0 Å². The van der Waals surface area contributed by atoms with Crippen molar-refractivity contribution < 1.29 is 0 Å². The molecule has 0 saturated heterocycles. The molecule has 0 aliphatic carbocycles. The zero-order chi connectivity index (χ0) is 16.4. The lowest BCUT2D eigenvalue weighted by atomic mass is 10.3. The molecule has 116 valence electrons. The molecule has 1 N–H and O–H groups in total. The number of anilines is 2. The number of aromatic nitrogens is 4. The number of rotatable bonds is 3. The van der Waals surface area contributed by atoms with Gasteiger partial charge in [0, 0.05) is 12.4 Å². The summed E-state index contributed by atoms with van der Waals surface area (Å²) in [4.78, 5) is 25.8. The van der Waals surface area contributed by atoms with Gasteiger partial charge in [0.2, 0.25) is 5.95 Å². The van der Waals surface area contributed by atoms with Crippen molar-refractivity contribution in [3.8, 4) is 5.69 Å². The van der Waals surface area contributed by atoms with Gasteiger partial charge in [-0.15, -0.1) is 0 Å². The maximum atomic E-state index is 13.0. The molecule has 0 fully saturated rings. The van der Waals surface area contributed by atoms with Crippen molar-refractivity contribution in [2.75, 3.05) is 5.32 Å². The Kier molecular flexibility index (Phi) is 3.47. The van der Waals surface area contributed by atoms with Gasteiger partial charge >= 0.3 is 0 Å². The number of pyridine rings is 2. The van der Waals surface area contributed by atoms with Gasteiger partial charge in [-0.05, 0) is 36.4 Å². The average Bonchev–Trinajstić information content (AvgIpc) is 2.64. The van der Waals surface area contributed by atoms with E-state index in [1.54, 1.807) is 30.7 Å². The average molecular weight is 315 g/mol. The predicted molar refractivity (Wildman–Crippen MR) is 92.7 cm³/mol. The van der Waals surface area contributed by atoms with Crippen LogP contribution in [0.25, 0.3) is 16.7 Å². The molecule has 0 saturated carbocycles. The molecule has 6 nitrogen and oxygen atoms in total. The maximum absolute atomic E-state index is 13.0. The van der Waals surface area contributed by atoms with E-state index < -0.39 is 0 Å². The summed E-state index contributed by atoms with van der Waals surface area (Å²) in [5.41, 5.74) is 1.70. The second-order valence-corrected chi connectivity index (χ2v) is 5.15. The highest BCUT2D eigenvalue weighted by Crippen LogP contribution is 2.18. The molecule has 24 heavy (non-hydrogen) atoms. The molecule has 0 amide bonds. The highest BCUT2D eigenvalue weighted by Gasteiger charge is 2.13. The Morgan fingerprint density at radius 1 is 0.917 bits per heavy atom. The summed E-state index contributed by atoms with van der Waals surface area (Å²) in [6.45, 7) is 0. The Morgan fingerprint density at radius 2 is 1.75 bits per heavy atom. The fraction of sp³-hybridized carbons (Fsp3) is 0. The lowest BCUT2D eigenvalue weighted by Crippen LogP contribution is -2.23. The first-order valence-electron chi connectivity index (χ1n) is 7.43. The summed E-state index contributed by atoms with van der Waals surface area (Å²) in [5.74, 6) is 0.394. The molecule has 1 aromatic carbocycles. The first kappa shape index (κ1) is 14.1. The predicted octanol–water partition coefficient (Wildman–Crippen LogP) is 2.92. The lowest BCUT2D eigenvalue weighted by molar-refractivity contribution is 0.967.